The minimum Gasteiger partial charge on any atom is -0.261 e. The highest BCUT2D eigenvalue weighted by molar-refractivity contribution is 5.66. The van der Waals surface area contributed by atoms with Crippen LogP contribution in [0.2, 0.25) is 0 Å². The number of fused-ring (bicyclic) bond motifs is 1. The van der Waals surface area contributed by atoms with Gasteiger partial charge < -0.3 is 0 Å². The van der Waals surface area contributed by atoms with Gasteiger partial charge in [-0.05, 0) is 37.0 Å². The van der Waals surface area contributed by atoms with Gasteiger partial charge in [-0.1, -0.05) is 26.0 Å². The van der Waals surface area contributed by atoms with E-state index in [2.05, 4.69) is 24.1 Å². The van der Waals surface area contributed by atoms with Crippen LogP contribution in [0.5, 0.6) is 0 Å². The van der Waals surface area contributed by atoms with Crippen molar-refractivity contribution in [3.05, 3.63) is 35.7 Å². The van der Waals surface area contributed by atoms with Gasteiger partial charge in [0.2, 0.25) is 0 Å². The van der Waals surface area contributed by atoms with Crippen LogP contribution in [0.4, 0.5) is 0 Å². The second-order valence-corrected chi connectivity index (χ2v) is 2.92. The molecule has 0 N–H and O–H groups in total. The Morgan fingerprint density at radius 1 is 1.31 bits per heavy atom. The second-order valence-electron chi connectivity index (χ2n) is 2.92. The quantitative estimate of drug-likeness (QED) is 0.588. The normalized spacial score (nSPS) is 13.6. The van der Waals surface area contributed by atoms with Gasteiger partial charge in [-0.3, -0.25) is 4.98 Å². The largest absolute Gasteiger partial charge is 0.261 e. The van der Waals surface area contributed by atoms with E-state index in [0.29, 0.717) is 0 Å². The molecule has 1 aromatic heterocycles. The fraction of sp³-hybridized carbons (Fsp3) is 0.417. The van der Waals surface area contributed by atoms with E-state index in [1.54, 1.807) is 0 Å². The van der Waals surface area contributed by atoms with Crippen LogP contribution < -0.4 is 0 Å². The van der Waals surface area contributed by atoms with Crippen LogP contribution >= 0.6 is 0 Å². The van der Waals surface area contributed by atoms with Crippen molar-refractivity contribution in [2.75, 3.05) is 0 Å². The molecular formula is C12H17N. The van der Waals surface area contributed by atoms with Gasteiger partial charge >= 0.3 is 0 Å². The molecule has 1 heteroatoms. The molecule has 0 atom stereocenters. The average Bonchev–Trinajstić information content (AvgIpc) is 2.22. The average molecular weight is 175 g/mol. The molecule has 0 amide bonds. The van der Waals surface area contributed by atoms with Crippen molar-refractivity contribution in [3.8, 4) is 0 Å². The summed E-state index contributed by atoms with van der Waals surface area (Å²) in [5, 5.41) is 0. The van der Waals surface area contributed by atoms with E-state index in [0.717, 1.165) is 12.8 Å². The van der Waals surface area contributed by atoms with Crippen LogP contribution in [-0.4, -0.2) is 4.98 Å². The molecule has 1 nitrogen and oxygen atoms in total. The molecule has 1 heterocycles. The first-order valence-corrected chi connectivity index (χ1v) is 4.99. The molecular weight excluding hydrogens is 158 g/mol. The number of aryl methyl sites for hydroxylation is 1. The van der Waals surface area contributed by atoms with Crippen LogP contribution in [-0.2, 0) is 6.42 Å². The molecule has 1 aromatic rings. The van der Waals surface area contributed by atoms with Crippen molar-refractivity contribution < 1.29 is 0 Å². The minimum absolute atomic E-state index is 1.10. The Morgan fingerprint density at radius 2 is 2.08 bits per heavy atom. The van der Waals surface area contributed by atoms with Crippen molar-refractivity contribution in [1.82, 2.24) is 4.98 Å². The fourth-order valence-corrected chi connectivity index (χ4v) is 1.53. The molecule has 13 heavy (non-hydrogen) atoms. The highest BCUT2D eigenvalue weighted by atomic mass is 14.7. The Labute approximate surface area is 80.5 Å². The summed E-state index contributed by atoms with van der Waals surface area (Å²) in [6.45, 7) is 6.15. The Morgan fingerprint density at radius 3 is 2.77 bits per heavy atom. The zero-order valence-corrected chi connectivity index (χ0v) is 8.67. The molecule has 2 rings (SSSR count). The summed E-state index contributed by atoms with van der Waals surface area (Å²) in [7, 11) is 0. The molecule has 0 aromatic carbocycles. The Hall–Kier alpha value is -1.11. The highest BCUT2D eigenvalue weighted by Crippen LogP contribution is 2.23. The molecule has 0 spiro atoms. The third-order valence-electron chi connectivity index (χ3n) is 2.15. The van der Waals surface area contributed by atoms with Gasteiger partial charge in [0.05, 0.1) is 0 Å². The molecule has 70 valence electrons. The van der Waals surface area contributed by atoms with Crippen LogP contribution in [0.25, 0.3) is 5.57 Å². The number of hydrogen-bond acceptors (Lipinski definition) is 1. The van der Waals surface area contributed by atoms with Gasteiger partial charge in [-0.2, -0.15) is 0 Å². The van der Waals surface area contributed by atoms with E-state index < -0.39 is 0 Å². The Kier molecular flexibility index (Phi) is 3.69. The summed E-state index contributed by atoms with van der Waals surface area (Å²) in [5.74, 6) is 0. The van der Waals surface area contributed by atoms with Crippen molar-refractivity contribution in [1.29, 1.82) is 0 Å². The third-order valence-corrected chi connectivity index (χ3v) is 2.15. The number of rotatable bonds is 0. The maximum atomic E-state index is 4.33. The van der Waals surface area contributed by atoms with E-state index in [9.17, 15) is 0 Å². The lowest BCUT2D eigenvalue weighted by atomic mass is 9.96. The summed E-state index contributed by atoms with van der Waals surface area (Å²) < 4.78 is 0. The maximum Gasteiger partial charge on any atom is 0.0481 e. The number of aromatic nitrogens is 1. The molecule has 1 aliphatic carbocycles. The van der Waals surface area contributed by atoms with E-state index >= 15 is 0 Å². The third kappa shape index (κ3) is 2.18. The lowest BCUT2D eigenvalue weighted by molar-refractivity contribution is 0.918. The summed E-state index contributed by atoms with van der Waals surface area (Å²) in [6, 6.07) is 4.15. The van der Waals surface area contributed by atoms with E-state index in [4.69, 9.17) is 0 Å². The van der Waals surface area contributed by atoms with E-state index in [-0.39, 0.29) is 0 Å². The zero-order valence-electron chi connectivity index (χ0n) is 8.67. The van der Waals surface area contributed by atoms with Crippen LogP contribution in [0.15, 0.2) is 24.4 Å². The minimum atomic E-state index is 1.10. The molecule has 0 aliphatic heterocycles. The van der Waals surface area contributed by atoms with Crippen LogP contribution in [0.3, 0.4) is 0 Å². The lowest BCUT2D eigenvalue weighted by Gasteiger charge is -2.12. The lowest BCUT2D eigenvalue weighted by Crippen LogP contribution is -1.99. The first-order valence-electron chi connectivity index (χ1n) is 4.99. The summed E-state index contributed by atoms with van der Waals surface area (Å²) in [5.41, 5.74) is 3.96. The molecule has 0 saturated carbocycles. The number of pyridine rings is 1. The number of hydrogen-bond donors (Lipinski definition) is 0. The van der Waals surface area contributed by atoms with Crippen LogP contribution in [0.1, 0.15) is 38.4 Å². The van der Waals surface area contributed by atoms with Gasteiger partial charge in [-0.25, -0.2) is 0 Å². The van der Waals surface area contributed by atoms with Gasteiger partial charge in [0.25, 0.3) is 0 Å². The summed E-state index contributed by atoms with van der Waals surface area (Å²) in [4.78, 5) is 4.33. The van der Waals surface area contributed by atoms with Crippen molar-refractivity contribution >= 4 is 5.57 Å². The van der Waals surface area contributed by atoms with Crippen molar-refractivity contribution in [3.63, 3.8) is 0 Å². The smallest absolute Gasteiger partial charge is 0.0481 e. The highest BCUT2D eigenvalue weighted by Gasteiger charge is 2.08. The molecule has 0 radical (unpaired) electrons. The monoisotopic (exact) mass is 175 g/mol. The molecule has 0 unspecified atom stereocenters. The van der Waals surface area contributed by atoms with Crippen molar-refractivity contribution in [2.45, 2.75) is 33.6 Å². The zero-order chi connectivity index (χ0) is 9.68. The SMILES string of the molecule is CC.CC1=CCCc2ncccc21. The summed E-state index contributed by atoms with van der Waals surface area (Å²) >= 11 is 0. The predicted molar refractivity (Wildman–Crippen MR) is 57.6 cm³/mol. The van der Waals surface area contributed by atoms with E-state index in [1.165, 1.54) is 16.8 Å². The Bertz CT molecular complexity index is 300. The van der Waals surface area contributed by atoms with E-state index in [1.807, 2.05) is 26.1 Å². The van der Waals surface area contributed by atoms with Crippen molar-refractivity contribution in [2.24, 2.45) is 0 Å². The predicted octanol–water partition coefficient (Wildman–Crippen LogP) is 3.46. The maximum absolute atomic E-state index is 4.33. The second kappa shape index (κ2) is 4.80. The first-order chi connectivity index (χ1) is 6.38. The molecule has 0 fully saturated rings. The summed E-state index contributed by atoms with van der Waals surface area (Å²) in [6.07, 6.45) is 6.41. The topological polar surface area (TPSA) is 12.9 Å². The first kappa shape index (κ1) is 9.97. The molecule has 0 saturated heterocycles. The van der Waals surface area contributed by atoms with Gasteiger partial charge in [0.1, 0.15) is 0 Å². The van der Waals surface area contributed by atoms with Gasteiger partial charge in [0, 0.05) is 11.9 Å². The molecule has 0 bridgehead atoms. The Balaban J connectivity index is 0.000000396. The number of nitrogens with zero attached hydrogens (tertiary/aromatic N) is 1. The van der Waals surface area contributed by atoms with Gasteiger partial charge in [-0.15, -0.1) is 0 Å². The van der Waals surface area contributed by atoms with Crippen LogP contribution in [0, 0.1) is 0 Å². The fourth-order valence-electron chi connectivity index (χ4n) is 1.53. The molecule has 1 aliphatic rings. The number of allylic oxidation sites excluding steroid dienone is 2. The standard InChI is InChI=1S/C10H11N.C2H6/c1-8-4-2-6-10-9(8)5-3-7-11-10;1-2/h3-5,7H,2,6H2,1H3;1-2H3. The van der Waals surface area contributed by atoms with Gasteiger partial charge in [0.15, 0.2) is 0 Å².